The second-order valence-electron chi connectivity index (χ2n) is 18.5. The molecule has 59 heavy (non-hydrogen) atoms. The van der Waals surface area contributed by atoms with E-state index in [1.54, 1.807) is 20.1 Å². The summed E-state index contributed by atoms with van der Waals surface area (Å²) in [7, 11) is 3.08. The molecule has 4 aliphatic heterocycles. The molecule has 3 N–H and O–H groups in total. The van der Waals surface area contributed by atoms with E-state index in [0.29, 0.717) is 51.4 Å². The van der Waals surface area contributed by atoms with E-state index in [9.17, 15) is 34.5 Å². The van der Waals surface area contributed by atoms with Crippen LogP contribution in [-0.2, 0) is 42.9 Å². The number of hydrogen-bond donors (Lipinski definition) is 3. The number of carbonyl (C=O) groups excluding carboxylic acids is 4. The van der Waals surface area contributed by atoms with Crippen molar-refractivity contribution in [3.05, 3.63) is 35.5 Å². The topological polar surface area (TPSA) is 178 Å². The molecular weight excluding hydrogens is 759 g/mol. The van der Waals surface area contributed by atoms with Crippen LogP contribution in [0.1, 0.15) is 118 Å². The number of carbonyl (C=O) groups is 4. The van der Waals surface area contributed by atoms with E-state index < -0.39 is 71.3 Å². The SMILES string of the molecule is CO[C@H]1C[C@@H](C)C/C(C)=C/[C@@H](C/C=C/C2(O)COC2)C(=O)CC[C@@H](C)[C@@H](/C(C)=C/C2CCC(O)CC2)OC(=O)C2CCCCN2C(=O)C(=O)[C@]2(O)O[C@H]1[C@@H](OC)C[C@H]2C. The second-order valence-corrected chi connectivity index (χ2v) is 18.5. The molecule has 0 aromatic heterocycles. The summed E-state index contributed by atoms with van der Waals surface area (Å²) >= 11 is 0. The second kappa shape index (κ2) is 20.9. The number of fused-ring (bicyclic) bond motifs is 3. The summed E-state index contributed by atoms with van der Waals surface area (Å²) < 4.78 is 29.6. The van der Waals surface area contributed by atoms with Gasteiger partial charge in [0.15, 0.2) is 0 Å². The fraction of sp³-hybridized carbons (Fsp3) is 0.783. The number of esters is 1. The van der Waals surface area contributed by atoms with Gasteiger partial charge in [-0.2, -0.15) is 0 Å². The van der Waals surface area contributed by atoms with Crippen LogP contribution in [0.3, 0.4) is 0 Å². The molecule has 0 aromatic rings. The van der Waals surface area contributed by atoms with Gasteiger partial charge in [0.05, 0.1) is 31.5 Å². The van der Waals surface area contributed by atoms with Crippen LogP contribution in [0.25, 0.3) is 0 Å². The molecule has 1 unspecified atom stereocenters. The smallest absolute Gasteiger partial charge is 0.329 e. The number of amides is 1. The van der Waals surface area contributed by atoms with E-state index >= 15 is 0 Å². The standard InChI is InChI=1S/C46H71NO12/c1-28-21-29(2)23-38(55-6)41-39(56-7)25-32(5)46(54,59-41)42(50)43(51)47-20-9-8-12-36(47)44(52)58-40(31(4)24-33-14-16-35(48)17-15-33)30(3)13-18-37(49)34(22-28)11-10-19-45(53)26-57-27-45/h10,19,22,24,29-30,32-36,38-41,48,53-54H,8-9,11-18,20-21,23,25-27H2,1-7H3/b19-10+,28-22+,31-24+/t29-,30+,32+,33?,34+,35?,36?,38-,39-,40-,41+,46+/m0/s1. The Balaban J connectivity index is 1.51. The highest BCUT2D eigenvalue weighted by Crippen LogP contribution is 2.39. The summed E-state index contributed by atoms with van der Waals surface area (Å²) in [6.45, 7) is 10.2. The number of piperidine rings is 1. The van der Waals surface area contributed by atoms with E-state index in [4.69, 9.17) is 23.7 Å². The molecule has 1 saturated carbocycles. The number of allylic oxidation sites excluding steroid dienone is 4. The Labute approximate surface area is 350 Å². The predicted molar refractivity (Wildman–Crippen MR) is 220 cm³/mol. The maximum absolute atomic E-state index is 14.3. The largest absolute Gasteiger partial charge is 0.456 e. The first kappa shape index (κ1) is 47.3. The number of Topliss-reactive ketones (excluding diaryl/α,β-unsaturated/α-hetero) is 2. The molecule has 3 saturated heterocycles. The van der Waals surface area contributed by atoms with E-state index in [1.807, 2.05) is 32.9 Å². The lowest BCUT2D eigenvalue weighted by Gasteiger charge is -2.47. The summed E-state index contributed by atoms with van der Waals surface area (Å²) in [5.41, 5.74) is 0.813. The lowest BCUT2D eigenvalue weighted by Crippen LogP contribution is -2.64. The molecule has 1 aliphatic carbocycles. The van der Waals surface area contributed by atoms with Crippen LogP contribution in [0.15, 0.2) is 35.5 Å². The van der Waals surface area contributed by atoms with Crippen LogP contribution in [0, 0.1) is 29.6 Å². The van der Waals surface area contributed by atoms with Crippen LogP contribution in [-0.4, -0.2) is 126 Å². The van der Waals surface area contributed by atoms with E-state index in [2.05, 4.69) is 13.0 Å². The first-order valence-corrected chi connectivity index (χ1v) is 22.0. The van der Waals surface area contributed by atoms with Gasteiger partial charge in [0, 0.05) is 39.0 Å². The Morgan fingerprint density at radius 2 is 1.63 bits per heavy atom. The van der Waals surface area contributed by atoms with Crippen molar-refractivity contribution in [2.24, 2.45) is 29.6 Å². The number of rotatable bonds is 7. The van der Waals surface area contributed by atoms with Gasteiger partial charge in [-0.05, 0) is 114 Å². The average Bonchev–Trinajstić information content (AvgIpc) is 3.20. The highest BCUT2D eigenvalue weighted by atomic mass is 16.7. The molecule has 4 heterocycles. The lowest BCUT2D eigenvalue weighted by atomic mass is 9.82. The minimum absolute atomic E-state index is 0.0237. The number of nitrogens with zero attached hydrogens (tertiary/aromatic N) is 1. The molecule has 0 spiro atoms. The average molecular weight is 830 g/mol. The summed E-state index contributed by atoms with van der Waals surface area (Å²) in [6.07, 6.45) is 11.5. The summed E-state index contributed by atoms with van der Waals surface area (Å²) in [5.74, 6) is -6.54. The quantitative estimate of drug-likeness (QED) is 0.175. The van der Waals surface area contributed by atoms with Gasteiger partial charge in [0.1, 0.15) is 29.6 Å². The van der Waals surface area contributed by atoms with Crippen LogP contribution in [0.2, 0.25) is 0 Å². The van der Waals surface area contributed by atoms with Gasteiger partial charge in [0.2, 0.25) is 5.79 Å². The maximum atomic E-state index is 14.3. The summed E-state index contributed by atoms with van der Waals surface area (Å²) in [6, 6.07) is -1.05. The summed E-state index contributed by atoms with van der Waals surface area (Å²) in [5, 5.41) is 32.8. The lowest BCUT2D eigenvalue weighted by molar-refractivity contribution is -0.302. The van der Waals surface area contributed by atoms with Crippen molar-refractivity contribution < 1.29 is 58.2 Å². The number of ketones is 2. The van der Waals surface area contributed by atoms with Crippen LogP contribution >= 0.6 is 0 Å². The van der Waals surface area contributed by atoms with Crippen molar-refractivity contribution in [2.45, 2.75) is 166 Å². The Kier molecular flexibility index (Phi) is 16.7. The number of ether oxygens (including phenoxy) is 5. The van der Waals surface area contributed by atoms with Crippen molar-refractivity contribution >= 4 is 23.4 Å². The van der Waals surface area contributed by atoms with Crippen LogP contribution in [0.4, 0.5) is 0 Å². The van der Waals surface area contributed by atoms with Crippen molar-refractivity contribution in [2.75, 3.05) is 34.0 Å². The number of aliphatic hydroxyl groups is 3. The van der Waals surface area contributed by atoms with Crippen LogP contribution < -0.4 is 0 Å². The number of cyclic esters (lactones) is 1. The van der Waals surface area contributed by atoms with Gasteiger partial charge in [-0.3, -0.25) is 14.4 Å². The van der Waals surface area contributed by atoms with Crippen molar-refractivity contribution in [3.63, 3.8) is 0 Å². The molecule has 5 rings (SSSR count). The van der Waals surface area contributed by atoms with E-state index in [0.717, 1.165) is 24.0 Å². The monoisotopic (exact) mass is 829 g/mol. The van der Waals surface area contributed by atoms with E-state index in [1.165, 1.54) is 12.0 Å². The molecule has 0 aromatic carbocycles. The summed E-state index contributed by atoms with van der Waals surface area (Å²) in [4.78, 5) is 58.2. The highest BCUT2D eigenvalue weighted by Gasteiger charge is 2.56. The van der Waals surface area contributed by atoms with Crippen molar-refractivity contribution in [1.82, 2.24) is 4.90 Å². The Bertz CT molecular complexity index is 1560. The molecule has 13 nitrogen and oxygen atoms in total. The number of aliphatic hydroxyl groups excluding tert-OH is 1. The maximum Gasteiger partial charge on any atom is 0.329 e. The van der Waals surface area contributed by atoms with Gasteiger partial charge in [0.25, 0.3) is 11.7 Å². The first-order chi connectivity index (χ1) is 28.0. The fourth-order valence-corrected chi connectivity index (χ4v) is 9.81. The highest BCUT2D eigenvalue weighted by molar-refractivity contribution is 6.39. The molecule has 13 heteroatoms. The Morgan fingerprint density at radius 3 is 2.27 bits per heavy atom. The zero-order valence-corrected chi connectivity index (χ0v) is 36.4. The van der Waals surface area contributed by atoms with Crippen molar-refractivity contribution in [3.8, 4) is 0 Å². The first-order valence-electron chi connectivity index (χ1n) is 22.0. The zero-order valence-electron chi connectivity index (χ0n) is 36.4. The Morgan fingerprint density at radius 1 is 0.949 bits per heavy atom. The Hall–Kier alpha value is -2.78. The van der Waals surface area contributed by atoms with E-state index in [-0.39, 0.29) is 68.7 Å². The molecule has 10 atom stereocenters. The number of methoxy groups -OCH3 is 2. The molecule has 5 aliphatic rings. The normalized spacial score (nSPS) is 39.7. The van der Waals surface area contributed by atoms with Crippen LogP contribution in [0.5, 0.6) is 0 Å². The molecule has 0 radical (unpaired) electrons. The third kappa shape index (κ3) is 11.8. The third-order valence-electron chi connectivity index (χ3n) is 13.5. The van der Waals surface area contributed by atoms with Gasteiger partial charge < -0.3 is 43.9 Å². The third-order valence-corrected chi connectivity index (χ3v) is 13.5. The predicted octanol–water partition coefficient (Wildman–Crippen LogP) is 5.17. The molecule has 4 fully saturated rings. The molecule has 332 valence electrons. The number of hydrogen-bond acceptors (Lipinski definition) is 12. The molecular formula is C46H71NO12. The van der Waals surface area contributed by atoms with Gasteiger partial charge in [-0.25, -0.2) is 4.79 Å². The minimum Gasteiger partial charge on any atom is -0.456 e. The molecule has 2 bridgehead atoms. The van der Waals surface area contributed by atoms with Gasteiger partial charge in [-0.1, -0.05) is 50.6 Å². The zero-order chi connectivity index (χ0) is 43.1. The van der Waals surface area contributed by atoms with Crippen molar-refractivity contribution in [1.29, 1.82) is 0 Å². The van der Waals surface area contributed by atoms with Gasteiger partial charge >= 0.3 is 5.97 Å². The van der Waals surface area contributed by atoms with Gasteiger partial charge in [-0.15, -0.1) is 0 Å². The minimum atomic E-state index is -2.49. The fourth-order valence-electron chi connectivity index (χ4n) is 9.81. The molecule has 1 amide bonds.